The summed E-state index contributed by atoms with van der Waals surface area (Å²) in [5.41, 5.74) is 0.916. The van der Waals surface area contributed by atoms with E-state index in [4.69, 9.17) is 4.74 Å². The topological polar surface area (TPSA) is 66.8 Å². The standard InChI is InChI=1S/C19H27NO4/c1-5-24-16-12-15(19(16,2)3)20(4)17(21)11-10-13-8-6-7-9-14(13)18(22)23/h6-9,15-16H,5,10-12H2,1-4H3,(H,22,23). The zero-order valence-corrected chi connectivity index (χ0v) is 14.9. The Hall–Kier alpha value is -1.88. The summed E-state index contributed by atoms with van der Waals surface area (Å²) in [6.07, 6.45) is 1.80. The molecular formula is C19H27NO4. The van der Waals surface area contributed by atoms with E-state index in [-0.39, 0.29) is 29.0 Å². The summed E-state index contributed by atoms with van der Waals surface area (Å²) >= 11 is 0. The predicted octanol–water partition coefficient (Wildman–Crippen LogP) is 2.98. The Balaban J connectivity index is 1.95. The molecule has 1 aliphatic rings. The van der Waals surface area contributed by atoms with Crippen LogP contribution in [0.15, 0.2) is 24.3 Å². The predicted molar refractivity (Wildman–Crippen MR) is 92.1 cm³/mol. The number of nitrogens with zero attached hydrogens (tertiary/aromatic N) is 1. The molecule has 24 heavy (non-hydrogen) atoms. The maximum atomic E-state index is 12.5. The first-order chi connectivity index (χ1) is 11.3. The number of carbonyl (C=O) groups is 2. The van der Waals surface area contributed by atoms with Crippen molar-refractivity contribution in [1.29, 1.82) is 0 Å². The van der Waals surface area contributed by atoms with E-state index in [1.165, 1.54) is 0 Å². The average molecular weight is 333 g/mol. The van der Waals surface area contributed by atoms with Gasteiger partial charge in [0.25, 0.3) is 0 Å². The minimum atomic E-state index is -0.953. The molecule has 2 atom stereocenters. The maximum absolute atomic E-state index is 12.5. The SMILES string of the molecule is CCOC1CC(N(C)C(=O)CCc2ccccc2C(=O)O)C1(C)C. The molecule has 0 spiro atoms. The molecule has 5 heteroatoms. The number of rotatable bonds is 7. The van der Waals surface area contributed by atoms with Gasteiger partial charge >= 0.3 is 5.97 Å². The van der Waals surface area contributed by atoms with Gasteiger partial charge in [-0.1, -0.05) is 32.0 Å². The Bertz CT molecular complexity index is 611. The fraction of sp³-hybridized carbons (Fsp3) is 0.579. The van der Waals surface area contributed by atoms with E-state index < -0.39 is 5.97 Å². The van der Waals surface area contributed by atoms with E-state index in [1.807, 2.05) is 14.0 Å². The van der Waals surface area contributed by atoms with Crippen molar-refractivity contribution in [2.45, 2.75) is 52.2 Å². The lowest BCUT2D eigenvalue weighted by Crippen LogP contribution is -2.62. The minimum absolute atomic E-state index is 0.0446. The number of hydrogen-bond acceptors (Lipinski definition) is 3. The molecule has 1 amide bonds. The van der Waals surface area contributed by atoms with Crippen LogP contribution in [0.4, 0.5) is 0 Å². The smallest absolute Gasteiger partial charge is 0.335 e. The molecule has 0 saturated heterocycles. The Labute approximate surface area is 143 Å². The Morgan fingerprint density at radius 1 is 1.33 bits per heavy atom. The third-order valence-electron chi connectivity index (χ3n) is 5.21. The molecule has 0 heterocycles. The second kappa shape index (κ2) is 7.34. The first kappa shape index (κ1) is 18.5. The van der Waals surface area contributed by atoms with E-state index in [9.17, 15) is 14.7 Å². The molecule has 2 rings (SSSR count). The van der Waals surface area contributed by atoms with Gasteiger partial charge in [0.15, 0.2) is 0 Å². The van der Waals surface area contributed by atoms with Gasteiger partial charge in [0.1, 0.15) is 0 Å². The molecule has 5 nitrogen and oxygen atoms in total. The number of aryl methyl sites for hydroxylation is 1. The lowest BCUT2D eigenvalue weighted by molar-refractivity contribution is -0.163. The first-order valence-electron chi connectivity index (χ1n) is 8.47. The van der Waals surface area contributed by atoms with E-state index in [1.54, 1.807) is 29.2 Å². The highest BCUT2D eigenvalue weighted by molar-refractivity contribution is 5.89. The highest BCUT2D eigenvalue weighted by atomic mass is 16.5. The van der Waals surface area contributed by atoms with E-state index in [0.717, 1.165) is 6.42 Å². The Morgan fingerprint density at radius 2 is 2.00 bits per heavy atom. The molecule has 0 radical (unpaired) electrons. The second-order valence-electron chi connectivity index (χ2n) is 6.98. The highest BCUT2D eigenvalue weighted by Crippen LogP contribution is 2.45. The van der Waals surface area contributed by atoms with Gasteiger partial charge in [-0.2, -0.15) is 0 Å². The van der Waals surface area contributed by atoms with Crippen molar-refractivity contribution in [1.82, 2.24) is 4.90 Å². The zero-order valence-electron chi connectivity index (χ0n) is 14.9. The fourth-order valence-electron chi connectivity index (χ4n) is 3.54. The van der Waals surface area contributed by atoms with Gasteiger partial charge in [0.2, 0.25) is 5.91 Å². The van der Waals surface area contributed by atoms with Gasteiger partial charge in [0, 0.05) is 31.5 Å². The number of carboxylic acids is 1. The van der Waals surface area contributed by atoms with Crippen molar-refractivity contribution < 1.29 is 19.4 Å². The summed E-state index contributed by atoms with van der Waals surface area (Å²) in [5.74, 6) is -0.908. The molecular weight excluding hydrogens is 306 g/mol. The molecule has 0 aliphatic heterocycles. The molecule has 0 bridgehead atoms. The number of amides is 1. The van der Waals surface area contributed by atoms with Crippen LogP contribution in [0.1, 0.15) is 49.5 Å². The van der Waals surface area contributed by atoms with Crippen molar-refractivity contribution in [3.63, 3.8) is 0 Å². The van der Waals surface area contributed by atoms with Gasteiger partial charge in [-0.25, -0.2) is 4.79 Å². The highest BCUT2D eigenvalue weighted by Gasteiger charge is 2.51. The molecule has 132 valence electrons. The van der Waals surface area contributed by atoms with Gasteiger partial charge in [0.05, 0.1) is 11.7 Å². The zero-order chi connectivity index (χ0) is 17.9. The minimum Gasteiger partial charge on any atom is -0.478 e. The monoisotopic (exact) mass is 333 g/mol. The summed E-state index contributed by atoms with van der Waals surface area (Å²) in [6.45, 7) is 6.93. The van der Waals surface area contributed by atoms with Gasteiger partial charge in [-0.3, -0.25) is 4.79 Å². The van der Waals surface area contributed by atoms with Gasteiger partial charge in [-0.15, -0.1) is 0 Å². The molecule has 1 fully saturated rings. The number of ether oxygens (including phenoxy) is 1. The molecule has 1 aromatic rings. The van der Waals surface area contributed by atoms with Crippen molar-refractivity contribution >= 4 is 11.9 Å². The van der Waals surface area contributed by atoms with Crippen LogP contribution in [0.2, 0.25) is 0 Å². The lowest BCUT2D eigenvalue weighted by atomic mass is 9.63. The van der Waals surface area contributed by atoms with Crippen LogP contribution >= 0.6 is 0 Å². The molecule has 1 aromatic carbocycles. The number of carboxylic acid groups (broad SMARTS) is 1. The van der Waals surface area contributed by atoms with Gasteiger partial charge < -0.3 is 14.7 Å². The largest absolute Gasteiger partial charge is 0.478 e. The van der Waals surface area contributed by atoms with Crippen LogP contribution in [-0.4, -0.2) is 47.7 Å². The summed E-state index contributed by atoms with van der Waals surface area (Å²) in [6, 6.07) is 7.02. The van der Waals surface area contributed by atoms with Crippen molar-refractivity contribution in [2.75, 3.05) is 13.7 Å². The van der Waals surface area contributed by atoms with E-state index in [2.05, 4.69) is 13.8 Å². The maximum Gasteiger partial charge on any atom is 0.335 e. The molecule has 1 saturated carbocycles. The van der Waals surface area contributed by atoms with Crippen LogP contribution in [0.5, 0.6) is 0 Å². The molecule has 1 aliphatic carbocycles. The number of benzene rings is 1. The van der Waals surface area contributed by atoms with Crippen LogP contribution in [0.25, 0.3) is 0 Å². The van der Waals surface area contributed by atoms with Crippen LogP contribution in [0, 0.1) is 5.41 Å². The lowest BCUT2D eigenvalue weighted by Gasteiger charge is -2.54. The molecule has 2 unspecified atom stereocenters. The average Bonchev–Trinajstić information content (AvgIpc) is 2.55. The van der Waals surface area contributed by atoms with Crippen LogP contribution in [0.3, 0.4) is 0 Å². The van der Waals surface area contributed by atoms with Gasteiger partial charge in [-0.05, 0) is 31.4 Å². The summed E-state index contributed by atoms with van der Waals surface area (Å²) in [5, 5.41) is 9.21. The van der Waals surface area contributed by atoms with Crippen molar-refractivity contribution in [3.8, 4) is 0 Å². The molecule has 1 N–H and O–H groups in total. The van der Waals surface area contributed by atoms with E-state index in [0.29, 0.717) is 25.0 Å². The first-order valence-corrected chi connectivity index (χ1v) is 8.47. The third kappa shape index (κ3) is 3.61. The normalized spacial score (nSPS) is 21.8. The van der Waals surface area contributed by atoms with Crippen molar-refractivity contribution in [3.05, 3.63) is 35.4 Å². The Kier molecular flexibility index (Phi) is 5.65. The quantitative estimate of drug-likeness (QED) is 0.833. The fourth-order valence-corrected chi connectivity index (χ4v) is 3.54. The Morgan fingerprint density at radius 3 is 2.58 bits per heavy atom. The van der Waals surface area contributed by atoms with Crippen LogP contribution in [-0.2, 0) is 16.0 Å². The second-order valence-corrected chi connectivity index (χ2v) is 6.98. The summed E-state index contributed by atoms with van der Waals surface area (Å²) < 4.78 is 5.72. The molecule has 0 aromatic heterocycles. The third-order valence-corrected chi connectivity index (χ3v) is 5.21. The summed E-state index contributed by atoms with van der Waals surface area (Å²) in [7, 11) is 1.83. The number of aromatic carboxylic acids is 1. The van der Waals surface area contributed by atoms with E-state index >= 15 is 0 Å². The number of hydrogen-bond donors (Lipinski definition) is 1. The number of carbonyl (C=O) groups excluding carboxylic acids is 1. The van der Waals surface area contributed by atoms with Crippen molar-refractivity contribution in [2.24, 2.45) is 5.41 Å². The summed E-state index contributed by atoms with van der Waals surface area (Å²) in [4.78, 5) is 25.6. The van der Waals surface area contributed by atoms with Crippen LogP contribution < -0.4 is 0 Å².